The zero-order chi connectivity index (χ0) is 10.1. The summed E-state index contributed by atoms with van der Waals surface area (Å²) >= 11 is 0. The predicted octanol–water partition coefficient (Wildman–Crippen LogP) is 1.91. The molecule has 0 amide bonds. The Morgan fingerprint density at radius 2 is 2.15 bits per heavy atom. The summed E-state index contributed by atoms with van der Waals surface area (Å²) < 4.78 is 0. The Morgan fingerprint density at radius 1 is 1.54 bits per heavy atom. The molecule has 1 aliphatic rings. The Bertz CT molecular complexity index is 173. The van der Waals surface area contributed by atoms with Gasteiger partial charge in [0.2, 0.25) is 0 Å². The molecule has 2 nitrogen and oxygen atoms in total. The fourth-order valence-electron chi connectivity index (χ4n) is 2.58. The average molecular weight is 185 g/mol. The van der Waals surface area contributed by atoms with Crippen LogP contribution in [0.5, 0.6) is 0 Å². The minimum absolute atomic E-state index is 0.0202. The first-order chi connectivity index (χ1) is 5.95. The Kier molecular flexibility index (Phi) is 3.03. The number of rotatable bonds is 3. The Morgan fingerprint density at radius 3 is 2.38 bits per heavy atom. The molecule has 0 aromatic carbocycles. The highest BCUT2D eigenvalue weighted by Crippen LogP contribution is 2.49. The van der Waals surface area contributed by atoms with Crippen LogP contribution >= 0.6 is 0 Å². The number of nitrogens with two attached hydrogens (primary N) is 1. The maximum atomic E-state index is 10.1. The normalized spacial score (nSPS) is 35.3. The topological polar surface area (TPSA) is 46.2 Å². The molecular weight excluding hydrogens is 162 g/mol. The SMILES string of the molecule is CCC1CCC(CN)(C(C)(C)O)C1. The molecule has 2 heteroatoms. The van der Waals surface area contributed by atoms with Gasteiger partial charge in [-0.15, -0.1) is 0 Å². The van der Waals surface area contributed by atoms with Gasteiger partial charge in [0.1, 0.15) is 0 Å². The molecule has 3 N–H and O–H groups in total. The van der Waals surface area contributed by atoms with Crippen LogP contribution < -0.4 is 5.73 Å². The van der Waals surface area contributed by atoms with E-state index in [4.69, 9.17) is 5.73 Å². The summed E-state index contributed by atoms with van der Waals surface area (Å²) in [6.07, 6.45) is 4.64. The molecule has 1 rings (SSSR count). The van der Waals surface area contributed by atoms with E-state index in [1.165, 1.54) is 12.8 Å². The predicted molar refractivity (Wildman–Crippen MR) is 55.4 cm³/mol. The van der Waals surface area contributed by atoms with E-state index < -0.39 is 5.60 Å². The van der Waals surface area contributed by atoms with E-state index in [2.05, 4.69) is 6.92 Å². The summed E-state index contributed by atoms with van der Waals surface area (Å²) in [5.74, 6) is 0.773. The minimum atomic E-state index is -0.619. The minimum Gasteiger partial charge on any atom is -0.390 e. The van der Waals surface area contributed by atoms with Gasteiger partial charge in [0.25, 0.3) is 0 Å². The van der Waals surface area contributed by atoms with E-state index in [1.54, 1.807) is 0 Å². The molecule has 0 saturated heterocycles. The third-order valence-corrected chi connectivity index (χ3v) is 3.98. The number of aliphatic hydroxyl groups is 1. The van der Waals surface area contributed by atoms with Crippen LogP contribution in [0.25, 0.3) is 0 Å². The van der Waals surface area contributed by atoms with Gasteiger partial charge in [-0.3, -0.25) is 0 Å². The largest absolute Gasteiger partial charge is 0.390 e. The third-order valence-electron chi connectivity index (χ3n) is 3.98. The van der Waals surface area contributed by atoms with E-state index in [1.807, 2.05) is 13.8 Å². The zero-order valence-corrected chi connectivity index (χ0v) is 9.14. The van der Waals surface area contributed by atoms with Crippen molar-refractivity contribution in [3.63, 3.8) is 0 Å². The maximum absolute atomic E-state index is 10.1. The van der Waals surface area contributed by atoms with E-state index in [9.17, 15) is 5.11 Å². The molecule has 78 valence electrons. The van der Waals surface area contributed by atoms with Gasteiger partial charge in [-0.25, -0.2) is 0 Å². The summed E-state index contributed by atoms with van der Waals surface area (Å²) in [6.45, 7) is 6.64. The second-order valence-corrected chi connectivity index (χ2v) is 5.06. The molecule has 1 saturated carbocycles. The highest BCUT2D eigenvalue weighted by Gasteiger charge is 2.47. The van der Waals surface area contributed by atoms with Crippen LogP contribution in [-0.2, 0) is 0 Å². The molecule has 0 heterocycles. The molecular formula is C11H23NO. The summed E-state index contributed by atoms with van der Waals surface area (Å²) in [4.78, 5) is 0. The van der Waals surface area contributed by atoms with E-state index in [0.29, 0.717) is 6.54 Å². The first-order valence-electron chi connectivity index (χ1n) is 5.37. The van der Waals surface area contributed by atoms with Crippen LogP contribution in [0, 0.1) is 11.3 Å². The van der Waals surface area contributed by atoms with Crippen LogP contribution in [0.1, 0.15) is 46.5 Å². The fraction of sp³-hybridized carbons (Fsp3) is 1.00. The molecule has 13 heavy (non-hydrogen) atoms. The van der Waals surface area contributed by atoms with Gasteiger partial charge in [0.15, 0.2) is 0 Å². The van der Waals surface area contributed by atoms with Crippen molar-refractivity contribution < 1.29 is 5.11 Å². The van der Waals surface area contributed by atoms with E-state index in [0.717, 1.165) is 18.8 Å². The number of hydrogen-bond donors (Lipinski definition) is 2. The zero-order valence-electron chi connectivity index (χ0n) is 9.14. The molecule has 0 bridgehead atoms. The van der Waals surface area contributed by atoms with Crippen LogP contribution in [0.15, 0.2) is 0 Å². The molecule has 1 fully saturated rings. The standard InChI is InChI=1S/C11H23NO/c1-4-9-5-6-11(7-9,8-12)10(2,3)13/h9,13H,4-8,12H2,1-3H3. The molecule has 1 aliphatic carbocycles. The summed E-state index contributed by atoms with van der Waals surface area (Å²) in [5.41, 5.74) is 5.17. The van der Waals surface area contributed by atoms with Crippen LogP contribution in [0.2, 0.25) is 0 Å². The van der Waals surface area contributed by atoms with Gasteiger partial charge in [-0.2, -0.15) is 0 Å². The Labute approximate surface area is 81.5 Å². The smallest absolute Gasteiger partial charge is 0.0659 e. The van der Waals surface area contributed by atoms with Gasteiger partial charge >= 0.3 is 0 Å². The molecule has 0 aromatic heterocycles. The molecule has 0 aromatic rings. The van der Waals surface area contributed by atoms with E-state index >= 15 is 0 Å². The summed E-state index contributed by atoms with van der Waals surface area (Å²) in [5, 5.41) is 10.1. The Balaban J connectivity index is 2.74. The molecule has 0 aliphatic heterocycles. The average Bonchev–Trinajstić information content (AvgIpc) is 2.47. The fourth-order valence-corrected chi connectivity index (χ4v) is 2.58. The quantitative estimate of drug-likeness (QED) is 0.705. The lowest BCUT2D eigenvalue weighted by molar-refractivity contribution is -0.0493. The van der Waals surface area contributed by atoms with Crippen LogP contribution in [0.4, 0.5) is 0 Å². The summed E-state index contributed by atoms with van der Waals surface area (Å²) in [7, 11) is 0. The number of hydrogen-bond acceptors (Lipinski definition) is 2. The van der Waals surface area contributed by atoms with E-state index in [-0.39, 0.29) is 5.41 Å². The lowest BCUT2D eigenvalue weighted by Crippen LogP contribution is -2.47. The van der Waals surface area contributed by atoms with Crippen molar-refractivity contribution in [3.8, 4) is 0 Å². The second-order valence-electron chi connectivity index (χ2n) is 5.06. The Hall–Kier alpha value is -0.0800. The van der Waals surface area contributed by atoms with Crippen molar-refractivity contribution in [2.75, 3.05) is 6.54 Å². The van der Waals surface area contributed by atoms with Crippen molar-refractivity contribution in [1.29, 1.82) is 0 Å². The lowest BCUT2D eigenvalue weighted by Gasteiger charge is -2.40. The van der Waals surface area contributed by atoms with Crippen molar-refractivity contribution in [2.24, 2.45) is 17.1 Å². The van der Waals surface area contributed by atoms with Crippen molar-refractivity contribution in [3.05, 3.63) is 0 Å². The molecule has 2 atom stereocenters. The van der Waals surface area contributed by atoms with Gasteiger partial charge in [-0.1, -0.05) is 13.3 Å². The van der Waals surface area contributed by atoms with Gasteiger partial charge in [0.05, 0.1) is 5.60 Å². The van der Waals surface area contributed by atoms with Crippen LogP contribution in [0.3, 0.4) is 0 Å². The van der Waals surface area contributed by atoms with Crippen molar-refractivity contribution >= 4 is 0 Å². The van der Waals surface area contributed by atoms with Gasteiger partial charge < -0.3 is 10.8 Å². The first kappa shape index (κ1) is 11.0. The van der Waals surface area contributed by atoms with Gasteiger partial charge in [0, 0.05) is 12.0 Å². The summed E-state index contributed by atoms with van der Waals surface area (Å²) in [6, 6.07) is 0. The van der Waals surface area contributed by atoms with Crippen LogP contribution in [-0.4, -0.2) is 17.3 Å². The maximum Gasteiger partial charge on any atom is 0.0659 e. The van der Waals surface area contributed by atoms with Gasteiger partial charge in [-0.05, 0) is 39.0 Å². The second kappa shape index (κ2) is 3.58. The molecule has 2 unspecified atom stereocenters. The lowest BCUT2D eigenvalue weighted by atomic mass is 9.72. The highest BCUT2D eigenvalue weighted by molar-refractivity contribution is 4.99. The molecule has 0 spiro atoms. The van der Waals surface area contributed by atoms with Crippen molar-refractivity contribution in [2.45, 2.75) is 52.1 Å². The van der Waals surface area contributed by atoms with Crippen molar-refractivity contribution in [1.82, 2.24) is 0 Å². The monoisotopic (exact) mass is 185 g/mol. The third kappa shape index (κ3) is 1.89. The molecule has 0 radical (unpaired) electrons. The highest BCUT2D eigenvalue weighted by atomic mass is 16.3. The first-order valence-corrected chi connectivity index (χ1v) is 5.37.